The maximum atomic E-state index is 12.8. The van der Waals surface area contributed by atoms with Crippen LogP contribution in [-0.4, -0.2) is 11.2 Å². The molecular weight excluding hydrogens is 183 g/mol. The first-order valence-electron chi connectivity index (χ1n) is 4.85. The van der Waals surface area contributed by atoms with E-state index in [0.717, 1.165) is 12.8 Å². The van der Waals surface area contributed by atoms with E-state index in [4.69, 9.17) is 9.84 Å². The van der Waals surface area contributed by atoms with E-state index in [0.29, 0.717) is 11.3 Å². The van der Waals surface area contributed by atoms with E-state index in [1.807, 2.05) is 0 Å². The number of hydrogen-bond donors (Lipinski definition) is 1. The van der Waals surface area contributed by atoms with Crippen molar-refractivity contribution in [3.63, 3.8) is 0 Å². The van der Waals surface area contributed by atoms with Crippen molar-refractivity contribution in [2.24, 2.45) is 0 Å². The molecule has 1 aromatic rings. The Labute approximate surface area is 82.3 Å². The van der Waals surface area contributed by atoms with Crippen LogP contribution < -0.4 is 4.74 Å². The summed E-state index contributed by atoms with van der Waals surface area (Å²) in [6.45, 7) is -0.181. The molecule has 1 N–H and O–H groups in total. The third-order valence-corrected chi connectivity index (χ3v) is 2.54. The smallest absolute Gasteiger partial charge is 0.125 e. The minimum Gasteiger partial charge on any atom is -0.490 e. The van der Waals surface area contributed by atoms with E-state index >= 15 is 0 Å². The number of ether oxygens (including phenoxy) is 1. The van der Waals surface area contributed by atoms with Gasteiger partial charge in [0.2, 0.25) is 0 Å². The molecule has 0 amide bonds. The van der Waals surface area contributed by atoms with E-state index < -0.39 is 0 Å². The Morgan fingerprint density at radius 2 is 2.21 bits per heavy atom. The quantitative estimate of drug-likeness (QED) is 0.803. The summed E-state index contributed by atoms with van der Waals surface area (Å²) in [4.78, 5) is 0. The highest BCUT2D eigenvalue weighted by molar-refractivity contribution is 5.33. The Bertz CT molecular complexity index is 321. The summed E-state index contributed by atoms with van der Waals surface area (Å²) in [5.41, 5.74) is 0.525. The maximum absolute atomic E-state index is 12.8. The normalized spacial score (nSPS) is 16.4. The summed E-state index contributed by atoms with van der Waals surface area (Å²) in [6, 6.07) is 4.25. The molecule has 0 spiro atoms. The molecule has 0 atom stereocenters. The highest BCUT2D eigenvalue weighted by Gasteiger charge is 2.20. The first-order valence-corrected chi connectivity index (χ1v) is 4.85. The van der Waals surface area contributed by atoms with Gasteiger partial charge in [-0.3, -0.25) is 0 Å². The van der Waals surface area contributed by atoms with Crippen molar-refractivity contribution in [2.75, 3.05) is 0 Å². The monoisotopic (exact) mass is 196 g/mol. The number of rotatable bonds is 3. The van der Waals surface area contributed by atoms with Crippen LogP contribution in [0.3, 0.4) is 0 Å². The molecule has 76 valence electrons. The van der Waals surface area contributed by atoms with E-state index in [-0.39, 0.29) is 18.5 Å². The van der Waals surface area contributed by atoms with Crippen molar-refractivity contribution in [2.45, 2.75) is 32.0 Å². The van der Waals surface area contributed by atoms with Crippen molar-refractivity contribution in [1.29, 1.82) is 0 Å². The average molecular weight is 196 g/mol. The number of aliphatic hydroxyl groups excluding tert-OH is 1. The lowest BCUT2D eigenvalue weighted by molar-refractivity contribution is 0.116. The molecule has 1 aliphatic carbocycles. The Kier molecular flexibility index (Phi) is 2.68. The molecule has 0 aromatic heterocycles. The second kappa shape index (κ2) is 3.96. The zero-order chi connectivity index (χ0) is 9.97. The number of hydrogen-bond acceptors (Lipinski definition) is 2. The lowest BCUT2D eigenvalue weighted by atomic mass is 9.96. The Morgan fingerprint density at radius 1 is 1.43 bits per heavy atom. The average Bonchev–Trinajstić information content (AvgIpc) is 2.13. The third-order valence-electron chi connectivity index (χ3n) is 2.54. The van der Waals surface area contributed by atoms with Gasteiger partial charge in [0.1, 0.15) is 11.6 Å². The summed E-state index contributed by atoms with van der Waals surface area (Å²) in [6.07, 6.45) is 3.57. The molecule has 1 aliphatic rings. The molecular formula is C11H13FO2. The van der Waals surface area contributed by atoms with Crippen LogP contribution in [0.4, 0.5) is 4.39 Å². The highest BCUT2D eigenvalue weighted by atomic mass is 19.1. The van der Waals surface area contributed by atoms with Crippen LogP contribution in [0.2, 0.25) is 0 Å². The second-order valence-corrected chi connectivity index (χ2v) is 3.58. The molecule has 14 heavy (non-hydrogen) atoms. The molecule has 0 unspecified atom stereocenters. The summed E-state index contributed by atoms with van der Waals surface area (Å²) >= 11 is 0. The summed E-state index contributed by atoms with van der Waals surface area (Å²) in [7, 11) is 0. The van der Waals surface area contributed by atoms with Crippen LogP contribution >= 0.6 is 0 Å². The first kappa shape index (κ1) is 9.46. The predicted molar refractivity (Wildman–Crippen MR) is 50.6 cm³/mol. The zero-order valence-corrected chi connectivity index (χ0v) is 7.87. The van der Waals surface area contributed by atoms with Gasteiger partial charge < -0.3 is 9.84 Å². The molecule has 0 bridgehead atoms. The SMILES string of the molecule is OCc1cc(F)ccc1OC1CCC1. The van der Waals surface area contributed by atoms with Crippen LogP contribution in [0.5, 0.6) is 5.75 Å². The van der Waals surface area contributed by atoms with Crippen molar-refractivity contribution in [1.82, 2.24) is 0 Å². The van der Waals surface area contributed by atoms with Gasteiger partial charge in [-0.05, 0) is 37.5 Å². The second-order valence-electron chi connectivity index (χ2n) is 3.58. The molecule has 1 aromatic carbocycles. The van der Waals surface area contributed by atoms with E-state index in [2.05, 4.69) is 0 Å². The Morgan fingerprint density at radius 3 is 2.79 bits per heavy atom. The van der Waals surface area contributed by atoms with E-state index in [9.17, 15) is 4.39 Å². The lowest BCUT2D eigenvalue weighted by Crippen LogP contribution is -2.25. The predicted octanol–water partition coefficient (Wildman–Crippen LogP) is 2.25. The van der Waals surface area contributed by atoms with Crippen LogP contribution in [0, 0.1) is 5.82 Å². The van der Waals surface area contributed by atoms with Gasteiger partial charge in [0.05, 0.1) is 12.7 Å². The van der Waals surface area contributed by atoms with Gasteiger partial charge in [0, 0.05) is 5.56 Å². The van der Waals surface area contributed by atoms with Gasteiger partial charge in [-0.25, -0.2) is 4.39 Å². The largest absolute Gasteiger partial charge is 0.490 e. The van der Waals surface area contributed by atoms with Crippen LogP contribution in [-0.2, 0) is 6.61 Å². The van der Waals surface area contributed by atoms with Gasteiger partial charge in [-0.15, -0.1) is 0 Å². The van der Waals surface area contributed by atoms with E-state index in [1.165, 1.54) is 18.6 Å². The van der Waals surface area contributed by atoms with Gasteiger partial charge >= 0.3 is 0 Å². The van der Waals surface area contributed by atoms with Gasteiger partial charge in [-0.2, -0.15) is 0 Å². The molecule has 1 saturated carbocycles. The third kappa shape index (κ3) is 1.87. The number of benzene rings is 1. The Hall–Kier alpha value is -1.09. The summed E-state index contributed by atoms with van der Waals surface area (Å²) < 4.78 is 18.4. The molecule has 0 heterocycles. The van der Waals surface area contributed by atoms with Crippen molar-refractivity contribution in [3.8, 4) is 5.75 Å². The fraction of sp³-hybridized carbons (Fsp3) is 0.455. The van der Waals surface area contributed by atoms with Crippen LogP contribution in [0.1, 0.15) is 24.8 Å². The molecule has 3 heteroatoms. The van der Waals surface area contributed by atoms with Crippen molar-refractivity contribution >= 4 is 0 Å². The number of halogens is 1. The zero-order valence-electron chi connectivity index (χ0n) is 7.87. The van der Waals surface area contributed by atoms with Crippen LogP contribution in [0.25, 0.3) is 0 Å². The molecule has 1 fully saturated rings. The molecule has 2 nitrogen and oxygen atoms in total. The van der Waals surface area contributed by atoms with Gasteiger partial charge in [-0.1, -0.05) is 0 Å². The van der Waals surface area contributed by atoms with Crippen molar-refractivity contribution in [3.05, 3.63) is 29.6 Å². The Balaban J connectivity index is 2.14. The van der Waals surface area contributed by atoms with Gasteiger partial charge in [0.15, 0.2) is 0 Å². The molecule has 0 saturated heterocycles. The van der Waals surface area contributed by atoms with Crippen molar-refractivity contribution < 1.29 is 14.2 Å². The van der Waals surface area contributed by atoms with Crippen LogP contribution in [0.15, 0.2) is 18.2 Å². The fourth-order valence-corrected chi connectivity index (χ4v) is 1.45. The van der Waals surface area contributed by atoms with Gasteiger partial charge in [0.25, 0.3) is 0 Å². The summed E-state index contributed by atoms with van der Waals surface area (Å²) in [5.74, 6) is 0.272. The minimum atomic E-state index is -0.338. The standard InChI is InChI=1S/C11H13FO2/c12-9-4-5-11(8(6-9)7-13)14-10-2-1-3-10/h4-6,10,13H,1-3,7H2. The lowest BCUT2D eigenvalue weighted by Gasteiger charge is -2.27. The molecule has 2 rings (SSSR count). The molecule has 0 aliphatic heterocycles. The fourth-order valence-electron chi connectivity index (χ4n) is 1.45. The number of aliphatic hydroxyl groups is 1. The first-order chi connectivity index (χ1) is 6.79. The topological polar surface area (TPSA) is 29.5 Å². The minimum absolute atomic E-state index is 0.181. The highest BCUT2D eigenvalue weighted by Crippen LogP contribution is 2.28. The maximum Gasteiger partial charge on any atom is 0.125 e. The summed E-state index contributed by atoms with van der Waals surface area (Å²) in [5, 5.41) is 9.00. The molecule has 0 radical (unpaired) electrons. The van der Waals surface area contributed by atoms with E-state index in [1.54, 1.807) is 6.07 Å².